The molecule has 3 fully saturated rings. The van der Waals surface area contributed by atoms with E-state index < -0.39 is 12.0 Å². The molecule has 2 saturated carbocycles. The molecule has 2 aromatic rings. The van der Waals surface area contributed by atoms with Crippen LogP contribution in [0, 0.1) is 5.41 Å². The van der Waals surface area contributed by atoms with E-state index in [4.69, 9.17) is 0 Å². The summed E-state index contributed by atoms with van der Waals surface area (Å²) in [7, 11) is 0. The van der Waals surface area contributed by atoms with Crippen LogP contribution in [-0.4, -0.2) is 41.8 Å². The predicted octanol–water partition coefficient (Wildman–Crippen LogP) is 5.84. The fraction of sp³-hybridized carbons (Fsp3) is 0.462. The highest BCUT2D eigenvalue weighted by Gasteiger charge is 2.51. The van der Waals surface area contributed by atoms with Gasteiger partial charge in [0.25, 0.3) is 17.7 Å². The summed E-state index contributed by atoms with van der Waals surface area (Å²) in [6.45, 7) is 2.16. The van der Waals surface area contributed by atoms with Crippen LogP contribution >= 0.6 is 15.9 Å². The smallest absolute Gasteiger partial charge is 0.257 e. The van der Waals surface area contributed by atoms with Crippen LogP contribution in [0.1, 0.15) is 64.8 Å². The number of piperidine rings is 1. The van der Waals surface area contributed by atoms with E-state index in [9.17, 15) is 18.4 Å². The van der Waals surface area contributed by atoms with Gasteiger partial charge >= 0.3 is 0 Å². The number of carbonyl (C=O) groups excluding carboxylic acids is 2. The largest absolute Gasteiger partial charge is 0.371 e. The number of anilines is 2. The second-order valence-corrected chi connectivity index (χ2v) is 11.2. The first-order valence-corrected chi connectivity index (χ1v) is 12.7. The maximum Gasteiger partial charge on any atom is 0.257 e. The second kappa shape index (κ2) is 7.77. The SMILES string of the molecule is O=C(Nc1cccc2c1C(=O)N(C1CC(F)(F)C1)C2)c1ccc(Br)cc1N1CCC2(CC1)CC2. The number of fused-ring (bicyclic) bond motifs is 1. The maximum absolute atomic E-state index is 13.4. The van der Waals surface area contributed by atoms with E-state index >= 15 is 0 Å². The molecule has 2 amide bonds. The Hall–Kier alpha value is -2.48. The number of amides is 2. The average Bonchev–Trinajstić information content (AvgIpc) is 3.45. The molecule has 2 aromatic carbocycles. The van der Waals surface area contributed by atoms with Crippen LogP contribution in [0.5, 0.6) is 0 Å². The molecular formula is C26H26BrF2N3O2. The monoisotopic (exact) mass is 529 g/mol. The van der Waals surface area contributed by atoms with Crippen molar-refractivity contribution in [2.75, 3.05) is 23.3 Å². The third kappa shape index (κ3) is 3.80. The van der Waals surface area contributed by atoms with Crippen LogP contribution in [0.4, 0.5) is 20.2 Å². The Balaban J connectivity index is 1.24. The topological polar surface area (TPSA) is 52.7 Å². The highest BCUT2D eigenvalue weighted by molar-refractivity contribution is 9.10. The quantitative estimate of drug-likeness (QED) is 0.541. The van der Waals surface area contributed by atoms with Crippen LogP contribution < -0.4 is 10.2 Å². The van der Waals surface area contributed by atoms with Gasteiger partial charge in [-0.25, -0.2) is 8.78 Å². The van der Waals surface area contributed by atoms with Gasteiger partial charge in [-0.1, -0.05) is 28.1 Å². The van der Waals surface area contributed by atoms with Crippen LogP contribution in [0.25, 0.3) is 0 Å². The van der Waals surface area contributed by atoms with Crippen molar-refractivity contribution in [3.8, 4) is 0 Å². The number of halogens is 3. The molecular weight excluding hydrogens is 504 g/mol. The number of nitrogens with zero attached hydrogens (tertiary/aromatic N) is 2. The van der Waals surface area contributed by atoms with E-state index in [1.807, 2.05) is 24.3 Å². The Morgan fingerprint density at radius 3 is 2.47 bits per heavy atom. The van der Waals surface area contributed by atoms with E-state index in [0.717, 1.165) is 41.7 Å². The Morgan fingerprint density at radius 2 is 1.79 bits per heavy atom. The maximum atomic E-state index is 13.4. The summed E-state index contributed by atoms with van der Waals surface area (Å²) in [6.07, 6.45) is 4.33. The minimum atomic E-state index is -2.69. The fourth-order valence-corrected chi connectivity index (χ4v) is 6.03. The Kier molecular flexibility index (Phi) is 5.03. The zero-order valence-corrected chi connectivity index (χ0v) is 20.3. The van der Waals surface area contributed by atoms with Crippen molar-refractivity contribution in [2.45, 2.75) is 57.0 Å². The van der Waals surface area contributed by atoms with Crippen molar-refractivity contribution < 1.29 is 18.4 Å². The predicted molar refractivity (Wildman–Crippen MR) is 129 cm³/mol. The minimum absolute atomic E-state index is 0.274. The van der Waals surface area contributed by atoms with Crippen molar-refractivity contribution in [1.29, 1.82) is 0 Å². The standard InChI is InChI=1S/C26H26BrF2N3O2/c27-17-4-5-19(21(12-17)31-10-8-25(6-7-25)9-11-31)23(33)30-20-3-1-2-16-15-32(24(34)22(16)20)18-13-26(28,29)14-18/h1-5,12,18H,6-11,13-15H2,(H,30,33). The van der Waals surface area contributed by atoms with E-state index in [2.05, 4.69) is 26.1 Å². The number of hydrogen-bond donors (Lipinski definition) is 1. The molecule has 0 atom stereocenters. The number of alkyl halides is 2. The molecule has 34 heavy (non-hydrogen) atoms. The fourth-order valence-electron chi connectivity index (χ4n) is 5.68. The van der Waals surface area contributed by atoms with Gasteiger partial charge in [0, 0.05) is 43.0 Å². The highest BCUT2D eigenvalue weighted by atomic mass is 79.9. The van der Waals surface area contributed by atoms with Crippen molar-refractivity contribution >= 4 is 39.1 Å². The van der Waals surface area contributed by atoms with E-state index in [0.29, 0.717) is 28.8 Å². The summed E-state index contributed by atoms with van der Waals surface area (Å²) in [5.41, 5.74) is 3.60. The van der Waals surface area contributed by atoms with Crippen LogP contribution in [0.2, 0.25) is 0 Å². The van der Waals surface area contributed by atoms with Gasteiger partial charge < -0.3 is 15.1 Å². The van der Waals surface area contributed by atoms with Crippen molar-refractivity contribution in [1.82, 2.24) is 4.90 Å². The Bertz CT molecular complexity index is 1180. The Morgan fingerprint density at radius 1 is 1.06 bits per heavy atom. The van der Waals surface area contributed by atoms with Gasteiger partial charge in [-0.15, -0.1) is 0 Å². The molecule has 0 aromatic heterocycles. The molecule has 178 valence electrons. The number of rotatable bonds is 4. The molecule has 1 saturated heterocycles. The summed E-state index contributed by atoms with van der Waals surface area (Å²) in [5, 5.41) is 2.95. The van der Waals surface area contributed by atoms with E-state index in [1.54, 1.807) is 12.1 Å². The number of carbonyl (C=O) groups is 2. The molecule has 2 aliphatic carbocycles. The van der Waals surface area contributed by atoms with Crippen molar-refractivity contribution in [2.24, 2.45) is 5.41 Å². The first-order chi connectivity index (χ1) is 16.2. The van der Waals surface area contributed by atoms with Crippen LogP contribution in [-0.2, 0) is 6.54 Å². The van der Waals surface area contributed by atoms with Gasteiger partial charge in [0.05, 0.1) is 22.5 Å². The first kappa shape index (κ1) is 22.0. The lowest BCUT2D eigenvalue weighted by Crippen LogP contribution is -2.50. The Labute approximate surface area is 205 Å². The molecule has 1 spiro atoms. The molecule has 6 rings (SSSR count). The third-order valence-corrected chi connectivity index (χ3v) is 8.54. The normalized spacial score (nSPS) is 22.5. The molecule has 4 aliphatic rings. The third-order valence-electron chi connectivity index (χ3n) is 8.05. The molecule has 8 heteroatoms. The van der Waals surface area contributed by atoms with Gasteiger partial charge in [-0.3, -0.25) is 9.59 Å². The summed E-state index contributed by atoms with van der Waals surface area (Å²) in [4.78, 5) is 30.3. The van der Waals surface area contributed by atoms with Gasteiger partial charge in [-0.2, -0.15) is 0 Å². The molecule has 0 bridgehead atoms. The number of hydrogen-bond acceptors (Lipinski definition) is 3. The average molecular weight is 530 g/mol. The molecule has 1 N–H and O–H groups in total. The lowest BCUT2D eigenvalue weighted by atomic mass is 9.87. The summed E-state index contributed by atoms with van der Waals surface area (Å²) in [5.74, 6) is -3.25. The number of nitrogens with one attached hydrogen (secondary N) is 1. The summed E-state index contributed by atoms with van der Waals surface area (Å²) >= 11 is 3.54. The number of benzene rings is 2. The van der Waals surface area contributed by atoms with Gasteiger partial charge in [0.1, 0.15) is 0 Å². The molecule has 2 aliphatic heterocycles. The molecule has 2 heterocycles. The highest BCUT2D eigenvalue weighted by Crippen LogP contribution is 2.54. The molecule has 0 radical (unpaired) electrons. The van der Waals surface area contributed by atoms with Gasteiger partial charge in [-0.05, 0) is 60.9 Å². The second-order valence-electron chi connectivity index (χ2n) is 10.3. The molecule has 0 unspecified atom stereocenters. The molecule has 5 nitrogen and oxygen atoms in total. The van der Waals surface area contributed by atoms with Gasteiger partial charge in [0.15, 0.2) is 0 Å². The van der Waals surface area contributed by atoms with Crippen LogP contribution in [0.15, 0.2) is 40.9 Å². The van der Waals surface area contributed by atoms with Crippen LogP contribution in [0.3, 0.4) is 0 Å². The summed E-state index contributed by atoms with van der Waals surface area (Å²) in [6, 6.07) is 10.5. The summed E-state index contributed by atoms with van der Waals surface area (Å²) < 4.78 is 27.7. The lowest BCUT2D eigenvalue weighted by molar-refractivity contribution is -0.116. The minimum Gasteiger partial charge on any atom is -0.371 e. The zero-order valence-electron chi connectivity index (χ0n) is 18.8. The van der Waals surface area contributed by atoms with Gasteiger partial charge in [0.2, 0.25) is 0 Å². The lowest BCUT2D eigenvalue weighted by Gasteiger charge is -2.40. The van der Waals surface area contributed by atoms with E-state index in [-0.39, 0.29) is 24.7 Å². The van der Waals surface area contributed by atoms with E-state index in [1.165, 1.54) is 17.7 Å². The van der Waals surface area contributed by atoms with Crippen molar-refractivity contribution in [3.63, 3.8) is 0 Å². The van der Waals surface area contributed by atoms with Crippen molar-refractivity contribution in [3.05, 3.63) is 57.6 Å². The first-order valence-electron chi connectivity index (χ1n) is 11.9. The zero-order chi connectivity index (χ0) is 23.7.